The van der Waals surface area contributed by atoms with Crippen molar-refractivity contribution in [3.05, 3.63) is 108 Å². The molecule has 0 saturated carbocycles. The van der Waals surface area contributed by atoms with Crippen LogP contribution in [0.5, 0.6) is 0 Å². The van der Waals surface area contributed by atoms with E-state index in [0.717, 1.165) is 0 Å². The van der Waals surface area contributed by atoms with Crippen LogP contribution in [-0.4, -0.2) is 0 Å². The van der Waals surface area contributed by atoms with E-state index in [-0.39, 0.29) is 5.41 Å². The molecule has 1 aliphatic carbocycles. The van der Waals surface area contributed by atoms with Crippen LogP contribution in [0, 0.1) is 0 Å². The predicted molar refractivity (Wildman–Crippen MR) is 168 cm³/mol. The molecular weight excluding hydrogens is 444 g/mol. The van der Waals surface area contributed by atoms with Gasteiger partial charge in [0.25, 0.3) is 0 Å². The Balaban J connectivity index is 0.000000500. The monoisotopic (exact) mass is 484 g/mol. The third-order valence-corrected chi connectivity index (χ3v) is 7.34. The molecule has 0 spiro atoms. The maximum atomic E-state index is 2.44. The molecule has 1 aliphatic rings. The molecule has 6 aromatic rings. The smallest absolute Gasteiger partial charge is 0.0165 e. The molecule has 0 amide bonds. The van der Waals surface area contributed by atoms with Crippen LogP contribution in [0.4, 0.5) is 0 Å². The Labute approximate surface area is 223 Å². The lowest BCUT2D eigenvalue weighted by Crippen LogP contribution is -2.15. The van der Waals surface area contributed by atoms with Crippen LogP contribution in [0.3, 0.4) is 0 Å². The largest absolute Gasteiger partial charge is 0.0683 e. The molecule has 0 radical (unpaired) electrons. The van der Waals surface area contributed by atoms with Crippen molar-refractivity contribution in [3.8, 4) is 11.1 Å². The second-order valence-electron chi connectivity index (χ2n) is 9.44. The molecular formula is C37H40. The van der Waals surface area contributed by atoms with Crippen molar-refractivity contribution < 1.29 is 0 Å². The van der Waals surface area contributed by atoms with Crippen molar-refractivity contribution in [1.82, 2.24) is 0 Å². The summed E-state index contributed by atoms with van der Waals surface area (Å²) in [5.74, 6) is 0. The Kier molecular flexibility index (Phi) is 7.69. The highest BCUT2D eigenvalue weighted by Gasteiger charge is 2.37. The summed E-state index contributed by atoms with van der Waals surface area (Å²) in [5.41, 5.74) is 5.63. The first-order valence-corrected chi connectivity index (χ1v) is 14.0. The molecule has 0 heteroatoms. The highest BCUT2D eigenvalue weighted by molar-refractivity contribution is 6.13. The van der Waals surface area contributed by atoms with Gasteiger partial charge in [0, 0.05) is 5.41 Å². The highest BCUT2D eigenvalue weighted by Crippen LogP contribution is 2.53. The van der Waals surface area contributed by atoms with E-state index in [2.05, 4.69) is 111 Å². The van der Waals surface area contributed by atoms with E-state index in [0.29, 0.717) is 0 Å². The molecule has 0 aromatic heterocycles. The minimum Gasteiger partial charge on any atom is -0.0683 e. The zero-order valence-electron chi connectivity index (χ0n) is 23.7. The van der Waals surface area contributed by atoms with Gasteiger partial charge in [-0.15, -0.1) is 0 Å². The van der Waals surface area contributed by atoms with Gasteiger partial charge in [-0.25, -0.2) is 0 Å². The van der Waals surface area contributed by atoms with E-state index in [1.54, 1.807) is 0 Å². The minimum absolute atomic E-state index is 0.0475. The maximum absolute atomic E-state index is 2.44. The molecule has 0 N–H and O–H groups in total. The summed E-state index contributed by atoms with van der Waals surface area (Å²) in [6.07, 6.45) is 0. The van der Waals surface area contributed by atoms with Crippen molar-refractivity contribution in [2.75, 3.05) is 0 Å². The van der Waals surface area contributed by atoms with Gasteiger partial charge in [0.1, 0.15) is 0 Å². The lowest BCUT2D eigenvalue weighted by molar-refractivity contribution is 0.667. The molecule has 188 valence electrons. The summed E-state index contributed by atoms with van der Waals surface area (Å²) in [4.78, 5) is 0. The van der Waals surface area contributed by atoms with Crippen molar-refractivity contribution >= 4 is 43.1 Å². The predicted octanol–water partition coefficient (Wildman–Crippen LogP) is 11.7. The van der Waals surface area contributed by atoms with Crippen molar-refractivity contribution in [3.63, 3.8) is 0 Å². The fourth-order valence-corrected chi connectivity index (χ4v) is 5.84. The molecule has 0 atom stereocenters. The van der Waals surface area contributed by atoms with Gasteiger partial charge in [0.15, 0.2) is 0 Å². The average Bonchev–Trinajstić information content (AvgIpc) is 3.19. The topological polar surface area (TPSA) is 0 Å². The Morgan fingerprint density at radius 1 is 0.432 bits per heavy atom. The van der Waals surface area contributed by atoms with Crippen LogP contribution in [0.2, 0.25) is 0 Å². The Morgan fingerprint density at radius 2 is 0.946 bits per heavy atom. The molecule has 0 bridgehead atoms. The first kappa shape index (κ1) is 26.4. The number of hydrogen-bond donors (Lipinski definition) is 0. The molecule has 7 rings (SSSR count). The van der Waals surface area contributed by atoms with Gasteiger partial charge in [-0.2, -0.15) is 0 Å². The quantitative estimate of drug-likeness (QED) is 0.148. The van der Waals surface area contributed by atoms with Gasteiger partial charge in [0.2, 0.25) is 0 Å². The third-order valence-electron chi connectivity index (χ3n) is 7.34. The number of hydrogen-bond acceptors (Lipinski definition) is 0. The molecule has 0 fully saturated rings. The van der Waals surface area contributed by atoms with Gasteiger partial charge in [-0.05, 0) is 89.6 Å². The lowest BCUT2D eigenvalue weighted by atomic mass is 9.79. The molecule has 6 aromatic carbocycles. The van der Waals surface area contributed by atoms with Crippen LogP contribution in [0.1, 0.15) is 66.5 Å². The van der Waals surface area contributed by atoms with Gasteiger partial charge in [-0.3, -0.25) is 0 Å². The van der Waals surface area contributed by atoms with Gasteiger partial charge in [-0.1, -0.05) is 128 Å². The van der Waals surface area contributed by atoms with E-state index in [1.165, 1.54) is 65.3 Å². The van der Waals surface area contributed by atoms with Crippen LogP contribution in [0.15, 0.2) is 97.1 Å². The summed E-state index contributed by atoms with van der Waals surface area (Å²) in [6.45, 7) is 16.8. The fourth-order valence-electron chi connectivity index (χ4n) is 5.84. The van der Waals surface area contributed by atoms with E-state index in [9.17, 15) is 0 Å². The van der Waals surface area contributed by atoms with Crippen LogP contribution in [0.25, 0.3) is 54.2 Å². The molecule has 0 unspecified atom stereocenters. The number of benzene rings is 6. The molecule has 0 nitrogen and oxygen atoms in total. The summed E-state index contributed by atoms with van der Waals surface area (Å²) in [5, 5.41) is 10.7. The first-order chi connectivity index (χ1) is 18.1. The summed E-state index contributed by atoms with van der Waals surface area (Å²) in [7, 11) is 0. The zero-order chi connectivity index (χ0) is 26.7. The van der Waals surface area contributed by atoms with Gasteiger partial charge < -0.3 is 0 Å². The first-order valence-electron chi connectivity index (χ1n) is 14.0. The Hall–Kier alpha value is -3.64. The standard InChI is InChI=1S/C31H22.3C2H6/c1-31(2)28-18-24-16-22-9-4-3-8-21(22)15-23(24)17-27(28)26-14-13-20-12-11-19-7-5-6-10-25(19)29(20)30(26)31;3*1-2/h3-18H,1-2H3;3*1-2H3. The normalized spacial score (nSPS) is 12.5. The summed E-state index contributed by atoms with van der Waals surface area (Å²) in [6, 6.07) is 36.2. The van der Waals surface area contributed by atoms with Gasteiger partial charge in [0.05, 0.1) is 0 Å². The van der Waals surface area contributed by atoms with Crippen molar-refractivity contribution in [1.29, 1.82) is 0 Å². The van der Waals surface area contributed by atoms with Crippen molar-refractivity contribution in [2.24, 2.45) is 0 Å². The number of fused-ring (bicyclic) bond motifs is 9. The van der Waals surface area contributed by atoms with Crippen LogP contribution in [-0.2, 0) is 5.41 Å². The van der Waals surface area contributed by atoms with E-state index in [1.807, 2.05) is 41.5 Å². The second-order valence-corrected chi connectivity index (χ2v) is 9.44. The Bertz CT molecular complexity index is 1700. The molecule has 0 saturated heterocycles. The van der Waals surface area contributed by atoms with E-state index >= 15 is 0 Å². The third kappa shape index (κ3) is 4.19. The summed E-state index contributed by atoms with van der Waals surface area (Å²) < 4.78 is 0. The van der Waals surface area contributed by atoms with Crippen LogP contribution >= 0.6 is 0 Å². The molecule has 0 heterocycles. The minimum atomic E-state index is -0.0475. The van der Waals surface area contributed by atoms with E-state index < -0.39 is 0 Å². The van der Waals surface area contributed by atoms with Crippen molar-refractivity contribution in [2.45, 2.75) is 60.8 Å². The molecule has 37 heavy (non-hydrogen) atoms. The van der Waals surface area contributed by atoms with Crippen LogP contribution < -0.4 is 0 Å². The number of rotatable bonds is 0. The Morgan fingerprint density at radius 3 is 1.59 bits per heavy atom. The average molecular weight is 485 g/mol. The molecule has 0 aliphatic heterocycles. The lowest BCUT2D eigenvalue weighted by Gasteiger charge is -2.24. The van der Waals surface area contributed by atoms with Gasteiger partial charge >= 0.3 is 0 Å². The highest BCUT2D eigenvalue weighted by atomic mass is 14.4. The van der Waals surface area contributed by atoms with E-state index in [4.69, 9.17) is 0 Å². The maximum Gasteiger partial charge on any atom is 0.0165 e. The summed E-state index contributed by atoms with van der Waals surface area (Å²) >= 11 is 0. The SMILES string of the molecule is CC.CC.CC.CC1(C)c2cc3cc4ccccc4cc3cc2-c2ccc3ccc4ccccc4c3c21. The fraction of sp³-hybridized carbons (Fsp3) is 0.243. The zero-order valence-corrected chi connectivity index (χ0v) is 23.7. The second kappa shape index (κ2) is 10.8.